The normalized spacial score (nSPS) is 22.0. The van der Waals surface area contributed by atoms with Gasteiger partial charge >= 0.3 is 12.1 Å². The van der Waals surface area contributed by atoms with E-state index in [1.54, 1.807) is 17.1 Å². The van der Waals surface area contributed by atoms with Gasteiger partial charge in [0.2, 0.25) is 11.8 Å². The highest BCUT2D eigenvalue weighted by atomic mass is 16.6. The van der Waals surface area contributed by atoms with E-state index in [0.29, 0.717) is 19.4 Å². The minimum Gasteiger partial charge on any atom is -0.462 e. The van der Waals surface area contributed by atoms with Crippen LogP contribution in [0.2, 0.25) is 0 Å². The van der Waals surface area contributed by atoms with Crippen molar-refractivity contribution in [2.45, 2.75) is 62.6 Å². The van der Waals surface area contributed by atoms with Crippen molar-refractivity contribution in [2.24, 2.45) is 5.92 Å². The van der Waals surface area contributed by atoms with E-state index in [0.717, 1.165) is 34.2 Å². The first-order chi connectivity index (χ1) is 23.9. The van der Waals surface area contributed by atoms with E-state index >= 15 is 0 Å². The van der Waals surface area contributed by atoms with Crippen molar-refractivity contribution in [1.82, 2.24) is 15.5 Å². The van der Waals surface area contributed by atoms with Crippen LogP contribution in [0.3, 0.4) is 0 Å². The van der Waals surface area contributed by atoms with Crippen LogP contribution in [0.5, 0.6) is 0 Å². The molecule has 0 saturated carbocycles. The molecule has 6 rings (SSSR count). The Labute approximate surface area is 286 Å². The highest BCUT2D eigenvalue weighted by Gasteiger charge is 2.36. The highest BCUT2D eigenvalue weighted by Crippen LogP contribution is 2.44. The molecule has 49 heavy (non-hydrogen) atoms. The number of esters is 1. The molecule has 3 aliphatic rings. The van der Waals surface area contributed by atoms with E-state index in [1.807, 2.05) is 66.7 Å². The van der Waals surface area contributed by atoms with Crippen LogP contribution in [-0.4, -0.2) is 78.4 Å². The van der Waals surface area contributed by atoms with Crippen LogP contribution in [0.15, 0.2) is 91.0 Å². The molecule has 1 fully saturated rings. The van der Waals surface area contributed by atoms with Crippen LogP contribution in [0, 0.1) is 5.92 Å². The summed E-state index contributed by atoms with van der Waals surface area (Å²) in [4.78, 5) is 54.8. The predicted octanol–water partition coefficient (Wildman–Crippen LogP) is 4.50. The summed E-state index contributed by atoms with van der Waals surface area (Å²) in [7, 11) is 0. The van der Waals surface area contributed by atoms with Crippen molar-refractivity contribution in [1.29, 1.82) is 0 Å². The molecule has 3 aromatic carbocycles. The van der Waals surface area contributed by atoms with Crippen molar-refractivity contribution in [3.05, 3.63) is 108 Å². The van der Waals surface area contributed by atoms with Crippen molar-refractivity contribution < 1.29 is 33.8 Å². The van der Waals surface area contributed by atoms with E-state index in [-0.39, 0.29) is 62.9 Å². The Morgan fingerprint density at radius 2 is 1.59 bits per heavy atom. The first-order valence-electron chi connectivity index (χ1n) is 17.1. The third-order valence-electron chi connectivity index (χ3n) is 9.65. The Balaban J connectivity index is 1.09. The second-order valence-electron chi connectivity index (χ2n) is 13.0. The van der Waals surface area contributed by atoms with Crippen LogP contribution in [0.25, 0.3) is 11.1 Å². The summed E-state index contributed by atoms with van der Waals surface area (Å²) in [5, 5.41) is 15.5. The maximum atomic E-state index is 13.7. The van der Waals surface area contributed by atoms with E-state index in [9.17, 15) is 24.3 Å². The maximum absolute atomic E-state index is 13.7. The van der Waals surface area contributed by atoms with Gasteiger partial charge in [-0.15, -0.1) is 0 Å². The lowest BCUT2D eigenvalue weighted by Gasteiger charge is -2.29. The van der Waals surface area contributed by atoms with Gasteiger partial charge in [0.05, 0.1) is 24.6 Å². The van der Waals surface area contributed by atoms with Gasteiger partial charge in [-0.1, -0.05) is 91.0 Å². The number of carbonyl (C=O) groups is 4. The first-order valence-corrected chi connectivity index (χ1v) is 17.1. The van der Waals surface area contributed by atoms with Crippen molar-refractivity contribution in [3.63, 3.8) is 0 Å². The second-order valence-corrected chi connectivity index (χ2v) is 13.0. The van der Waals surface area contributed by atoms with Gasteiger partial charge < -0.3 is 30.1 Å². The number of benzene rings is 3. The van der Waals surface area contributed by atoms with Crippen molar-refractivity contribution in [3.8, 4) is 11.1 Å². The third-order valence-corrected chi connectivity index (χ3v) is 9.65. The van der Waals surface area contributed by atoms with Gasteiger partial charge in [0.25, 0.3) is 0 Å². The third kappa shape index (κ3) is 8.20. The quantitative estimate of drug-likeness (QED) is 0.226. The maximum Gasteiger partial charge on any atom is 0.407 e. The monoisotopic (exact) mass is 665 g/mol. The van der Waals surface area contributed by atoms with E-state index in [4.69, 9.17) is 9.47 Å². The van der Waals surface area contributed by atoms with E-state index < -0.39 is 30.1 Å². The standard InChI is InChI=1S/C39H43N3O7/c43-23-28(21-26-11-2-1-3-12-26)40-36(44)22-27-13-4-9-19-35(38(46)48-24-29-14-10-20-42(29)37(27)45)41-39(47)49-25-34-32-17-7-5-15-30(32)31-16-6-8-18-33(31)34/h1-9,11-12,15-18,27-29,34-35,43H,10,13-14,19-25H2,(H,40,44)(H,41,47)/b9-4-/t27-,28-,29+,35-/m0/s1. The number of alkyl carbamates (subject to hydrolysis) is 1. The fourth-order valence-corrected chi connectivity index (χ4v) is 7.14. The number of carbonyl (C=O) groups excluding carboxylic acids is 4. The van der Waals surface area contributed by atoms with Crippen LogP contribution in [0.4, 0.5) is 4.79 Å². The molecule has 2 heterocycles. The minimum atomic E-state index is -0.984. The highest BCUT2D eigenvalue weighted by molar-refractivity contribution is 5.87. The number of aliphatic hydroxyl groups excluding tert-OH is 1. The minimum absolute atomic E-state index is 0.000262. The molecule has 10 heteroatoms. The van der Waals surface area contributed by atoms with Gasteiger partial charge in [-0.25, -0.2) is 9.59 Å². The zero-order valence-electron chi connectivity index (χ0n) is 27.5. The van der Waals surface area contributed by atoms with Gasteiger partial charge in [0.15, 0.2) is 0 Å². The Morgan fingerprint density at radius 1 is 0.918 bits per heavy atom. The number of nitrogens with zero attached hydrogens (tertiary/aromatic N) is 1. The van der Waals surface area contributed by atoms with Gasteiger partial charge in [-0.2, -0.15) is 0 Å². The van der Waals surface area contributed by atoms with Crippen LogP contribution >= 0.6 is 0 Å². The van der Waals surface area contributed by atoms with Gasteiger partial charge in [0.1, 0.15) is 19.3 Å². The van der Waals surface area contributed by atoms with Crippen LogP contribution in [0.1, 0.15) is 54.7 Å². The lowest BCUT2D eigenvalue weighted by Crippen LogP contribution is -2.46. The molecule has 0 bridgehead atoms. The number of nitrogens with one attached hydrogen (secondary N) is 2. The fraction of sp³-hybridized carbons (Fsp3) is 0.385. The van der Waals surface area contributed by atoms with E-state index in [2.05, 4.69) is 22.8 Å². The Kier molecular flexibility index (Phi) is 11.0. The fourth-order valence-electron chi connectivity index (χ4n) is 7.14. The summed E-state index contributed by atoms with van der Waals surface area (Å²) in [6, 6.07) is 24.0. The van der Waals surface area contributed by atoms with Crippen molar-refractivity contribution >= 4 is 23.9 Å². The summed E-state index contributed by atoms with van der Waals surface area (Å²) in [5.41, 5.74) is 5.41. The average Bonchev–Trinajstić information content (AvgIpc) is 3.72. The zero-order chi connectivity index (χ0) is 34.2. The molecule has 0 aromatic heterocycles. The molecule has 1 saturated heterocycles. The number of rotatable bonds is 9. The number of cyclic esters (lactones) is 1. The molecular weight excluding hydrogens is 622 g/mol. The number of hydrogen-bond acceptors (Lipinski definition) is 7. The molecule has 3 N–H and O–H groups in total. The number of allylic oxidation sites excluding steroid dienone is 1. The lowest BCUT2D eigenvalue weighted by molar-refractivity contribution is -0.150. The van der Waals surface area contributed by atoms with Gasteiger partial charge in [0, 0.05) is 18.9 Å². The first kappa shape index (κ1) is 33.9. The number of amides is 3. The summed E-state index contributed by atoms with van der Waals surface area (Å²) >= 11 is 0. The number of fused-ring (bicyclic) bond motifs is 4. The van der Waals surface area contributed by atoms with Gasteiger partial charge in [-0.05, 0) is 59.9 Å². The summed E-state index contributed by atoms with van der Waals surface area (Å²) in [5.74, 6) is -1.81. The number of hydrogen-bond donors (Lipinski definition) is 3. The molecule has 10 nitrogen and oxygen atoms in total. The molecule has 0 radical (unpaired) electrons. The summed E-state index contributed by atoms with van der Waals surface area (Å²) < 4.78 is 11.3. The number of aliphatic hydroxyl groups is 1. The second kappa shape index (κ2) is 16.0. The molecule has 1 aliphatic carbocycles. The molecule has 256 valence electrons. The Bertz CT molecular complexity index is 1630. The summed E-state index contributed by atoms with van der Waals surface area (Å²) in [6.45, 7) is 0.400. The van der Waals surface area contributed by atoms with Crippen LogP contribution < -0.4 is 10.6 Å². The zero-order valence-corrected chi connectivity index (χ0v) is 27.5. The van der Waals surface area contributed by atoms with Crippen LogP contribution in [-0.2, 0) is 30.3 Å². The SMILES string of the molecule is O=C(C[C@@H]1C/C=C\C[C@H](NC(=O)OCC2c3ccccc3-c3ccccc32)C(=O)OC[C@H]2CCCN2C1=O)N[C@H](CO)Cc1ccccc1. The lowest BCUT2D eigenvalue weighted by atomic mass is 9.97. The molecular formula is C39H43N3O7. The Morgan fingerprint density at radius 3 is 2.31 bits per heavy atom. The largest absolute Gasteiger partial charge is 0.462 e. The average molecular weight is 666 g/mol. The van der Waals surface area contributed by atoms with Gasteiger partial charge in [-0.3, -0.25) is 9.59 Å². The molecule has 0 spiro atoms. The van der Waals surface area contributed by atoms with Crippen molar-refractivity contribution in [2.75, 3.05) is 26.4 Å². The topological polar surface area (TPSA) is 134 Å². The predicted molar refractivity (Wildman–Crippen MR) is 183 cm³/mol. The molecule has 2 aliphatic heterocycles. The van der Waals surface area contributed by atoms with E-state index in [1.165, 1.54) is 0 Å². The Hall–Kier alpha value is -4.96. The summed E-state index contributed by atoms with van der Waals surface area (Å²) in [6.07, 6.45) is 5.05. The smallest absolute Gasteiger partial charge is 0.407 e. The molecule has 3 amide bonds. The molecule has 3 aromatic rings. The number of ether oxygens (including phenoxy) is 2. The molecule has 0 unspecified atom stereocenters. The molecule has 4 atom stereocenters.